The first-order valence-electron chi connectivity index (χ1n) is 16.9. The van der Waals surface area contributed by atoms with Gasteiger partial charge in [-0.1, -0.05) is 6.92 Å². The third-order valence-electron chi connectivity index (χ3n) is 6.64. The van der Waals surface area contributed by atoms with Crippen LogP contribution >= 0.6 is 0 Å². The largest absolute Gasteiger partial charge is 0.480 e. The fourth-order valence-corrected chi connectivity index (χ4v) is 3.88. The van der Waals surface area contributed by atoms with Crippen LogP contribution in [-0.2, 0) is 57.2 Å². The molecule has 0 fully saturated rings. The number of primary amides is 1. The number of carbonyl (C=O) groups excluding carboxylic acids is 5. The molecule has 8 N–H and O–H groups in total. The molecule has 0 saturated carbocycles. The number of nitrogens with one attached hydrogen (secondary N) is 5. The van der Waals surface area contributed by atoms with Gasteiger partial charge in [0.15, 0.2) is 0 Å². The molecule has 0 aromatic rings. The quantitative estimate of drug-likeness (QED) is 0.0332. The Kier molecular flexibility index (Phi) is 30.5. The highest BCUT2D eigenvalue weighted by atomic mass is 16.6. The SMILES string of the molecule is CCC(=O)NC(CCC(=O)NCCOCCOCCOCC(=O)NCCOCCOCCOCC(=O)NCCCCC(NC)C(N)=O)C(=O)O. The number of carbonyl (C=O) groups is 6. The highest BCUT2D eigenvalue weighted by Crippen LogP contribution is 2.00. The lowest BCUT2D eigenvalue weighted by Crippen LogP contribution is -2.41. The van der Waals surface area contributed by atoms with Crippen molar-refractivity contribution in [2.75, 3.05) is 106 Å². The van der Waals surface area contributed by atoms with Crippen molar-refractivity contribution in [3.05, 3.63) is 0 Å². The molecule has 5 amide bonds. The van der Waals surface area contributed by atoms with E-state index in [0.717, 1.165) is 12.8 Å². The van der Waals surface area contributed by atoms with Gasteiger partial charge in [-0.05, 0) is 32.7 Å². The summed E-state index contributed by atoms with van der Waals surface area (Å²) >= 11 is 0. The Morgan fingerprint density at radius 2 is 1.04 bits per heavy atom. The van der Waals surface area contributed by atoms with Gasteiger partial charge in [0.05, 0.1) is 72.1 Å². The van der Waals surface area contributed by atoms with Crippen molar-refractivity contribution in [1.29, 1.82) is 0 Å². The topological polar surface area (TPSA) is 264 Å². The first-order chi connectivity index (χ1) is 24.1. The summed E-state index contributed by atoms with van der Waals surface area (Å²) in [6.07, 6.45) is 2.21. The number of hydrogen-bond donors (Lipinski definition) is 7. The average Bonchev–Trinajstić information content (AvgIpc) is 3.08. The Bertz CT molecular complexity index is 960. The van der Waals surface area contributed by atoms with Crippen LogP contribution in [0.5, 0.6) is 0 Å². The Balaban J connectivity index is 3.45. The van der Waals surface area contributed by atoms with Crippen molar-refractivity contribution in [2.45, 2.75) is 57.5 Å². The summed E-state index contributed by atoms with van der Waals surface area (Å²) in [5, 5.41) is 22.4. The van der Waals surface area contributed by atoms with Crippen molar-refractivity contribution in [3.8, 4) is 0 Å². The average molecular weight is 723 g/mol. The molecule has 0 saturated heterocycles. The Labute approximate surface area is 293 Å². The first-order valence-corrected chi connectivity index (χ1v) is 16.9. The molecule has 0 aromatic heterocycles. The van der Waals surface area contributed by atoms with E-state index in [2.05, 4.69) is 26.6 Å². The first kappa shape index (κ1) is 46.5. The Hall–Kier alpha value is -3.46. The van der Waals surface area contributed by atoms with Crippen LogP contribution in [0.3, 0.4) is 0 Å². The standard InChI is InChI=1S/C31H58N6O13/c1-3-26(38)37-25(31(43)44)7-8-27(39)35-10-12-45-14-16-47-19-21-50-23-29(41)36-11-13-46-15-17-48-18-20-49-22-28(40)34-9-5-4-6-24(33-2)30(32)42/h24-25,33H,3-23H2,1-2H3,(H2,32,42)(H,34,40)(H,35,39)(H,36,41)(H,37,38)(H,43,44). The monoisotopic (exact) mass is 722 g/mol. The molecule has 2 atom stereocenters. The Morgan fingerprint density at radius 1 is 0.580 bits per heavy atom. The normalized spacial score (nSPS) is 12.1. The number of amides is 5. The number of carboxylic acid groups (broad SMARTS) is 1. The van der Waals surface area contributed by atoms with E-state index in [-0.39, 0.29) is 89.2 Å². The lowest BCUT2D eigenvalue weighted by atomic mass is 10.1. The summed E-state index contributed by atoms with van der Waals surface area (Å²) in [6.45, 7) is 5.36. The molecule has 0 rings (SSSR count). The molecular formula is C31H58N6O13. The van der Waals surface area contributed by atoms with Gasteiger partial charge in [-0.3, -0.25) is 24.0 Å². The van der Waals surface area contributed by atoms with Crippen molar-refractivity contribution >= 4 is 35.5 Å². The van der Waals surface area contributed by atoms with Crippen molar-refractivity contribution in [1.82, 2.24) is 26.6 Å². The number of rotatable bonds is 35. The van der Waals surface area contributed by atoms with E-state index >= 15 is 0 Å². The molecule has 0 radical (unpaired) electrons. The minimum atomic E-state index is -1.19. The molecule has 0 aliphatic rings. The van der Waals surface area contributed by atoms with E-state index < -0.39 is 23.8 Å². The van der Waals surface area contributed by atoms with E-state index in [4.69, 9.17) is 39.3 Å². The fourth-order valence-electron chi connectivity index (χ4n) is 3.88. The number of ether oxygens (including phenoxy) is 6. The van der Waals surface area contributed by atoms with Crippen LogP contribution in [0.1, 0.15) is 45.4 Å². The van der Waals surface area contributed by atoms with Gasteiger partial charge >= 0.3 is 5.97 Å². The maximum absolute atomic E-state index is 11.9. The summed E-state index contributed by atoms with van der Waals surface area (Å²) in [4.78, 5) is 69.1. The van der Waals surface area contributed by atoms with Crippen LogP contribution in [-0.4, -0.2) is 159 Å². The molecule has 0 aliphatic heterocycles. The van der Waals surface area contributed by atoms with Gasteiger partial charge in [-0.25, -0.2) is 4.79 Å². The molecule has 19 nitrogen and oxygen atoms in total. The van der Waals surface area contributed by atoms with Crippen molar-refractivity contribution < 1.29 is 62.3 Å². The molecule has 0 bridgehead atoms. The molecule has 0 heterocycles. The minimum Gasteiger partial charge on any atom is -0.480 e. The summed E-state index contributed by atoms with van der Waals surface area (Å²) < 4.78 is 32.0. The van der Waals surface area contributed by atoms with Gasteiger partial charge in [0.2, 0.25) is 29.5 Å². The molecule has 0 aromatic carbocycles. The van der Waals surface area contributed by atoms with Gasteiger partial charge in [0, 0.05) is 32.5 Å². The second-order valence-corrected chi connectivity index (χ2v) is 10.7. The number of carboxylic acids is 1. The minimum absolute atomic E-state index is 0.0100. The zero-order chi connectivity index (χ0) is 37.2. The molecular weight excluding hydrogens is 664 g/mol. The van der Waals surface area contributed by atoms with Crippen LogP contribution in [0, 0.1) is 0 Å². The van der Waals surface area contributed by atoms with E-state index in [1.807, 2.05) is 0 Å². The van der Waals surface area contributed by atoms with Crippen molar-refractivity contribution in [2.24, 2.45) is 5.73 Å². The summed E-state index contributed by atoms with van der Waals surface area (Å²) in [5.41, 5.74) is 5.26. The molecule has 0 spiro atoms. The summed E-state index contributed by atoms with van der Waals surface area (Å²) in [5.74, 6) is -2.82. The maximum atomic E-state index is 11.9. The zero-order valence-electron chi connectivity index (χ0n) is 29.4. The van der Waals surface area contributed by atoms with Crippen LogP contribution in [0.25, 0.3) is 0 Å². The third-order valence-corrected chi connectivity index (χ3v) is 6.64. The molecule has 0 aliphatic carbocycles. The molecule has 2 unspecified atom stereocenters. The fraction of sp³-hybridized carbons (Fsp3) is 0.806. The maximum Gasteiger partial charge on any atom is 0.326 e. The number of aliphatic carboxylic acids is 1. The summed E-state index contributed by atoms with van der Waals surface area (Å²) in [7, 11) is 1.68. The predicted molar refractivity (Wildman–Crippen MR) is 179 cm³/mol. The predicted octanol–water partition coefficient (Wildman–Crippen LogP) is -2.56. The highest BCUT2D eigenvalue weighted by molar-refractivity contribution is 5.84. The molecule has 50 heavy (non-hydrogen) atoms. The zero-order valence-corrected chi connectivity index (χ0v) is 29.4. The molecule has 290 valence electrons. The van der Waals surface area contributed by atoms with Gasteiger partial charge in [-0.2, -0.15) is 0 Å². The lowest BCUT2D eigenvalue weighted by molar-refractivity contribution is -0.142. The smallest absolute Gasteiger partial charge is 0.326 e. The van der Waals surface area contributed by atoms with Crippen LogP contribution < -0.4 is 32.3 Å². The van der Waals surface area contributed by atoms with E-state index in [1.54, 1.807) is 14.0 Å². The second kappa shape index (κ2) is 32.7. The number of likely N-dealkylation sites (N-methyl/N-ethyl adjacent to an activating group) is 1. The van der Waals surface area contributed by atoms with Crippen LogP contribution in [0.15, 0.2) is 0 Å². The molecule has 19 heteroatoms. The highest BCUT2D eigenvalue weighted by Gasteiger charge is 2.20. The lowest BCUT2D eigenvalue weighted by Gasteiger charge is -2.13. The van der Waals surface area contributed by atoms with E-state index in [1.165, 1.54) is 0 Å². The van der Waals surface area contributed by atoms with Gasteiger partial charge in [0.1, 0.15) is 19.3 Å². The summed E-state index contributed by atoms with van der Waals surface area (Å²) in [6, 6.07) is -1.47. The van der Waals surface area contributed by atoms with Crippen LogP contribution in [0.4, 0.5) is 0 Å². The van der Waals surface area contributed by atoms with E-state index in [0.29, 0.717) is 59.2 Å². The number of unbranched alkanes of at least 4 members (excludes halogenated alkanes) is 1. The van der Waals surface area contributed by atoms with Crippen LogP contribution in [0.2, 0.25) is 0 Å². The second-order valence-electron chi connectivity index (χ2n) is 10.7. The number of nitrogens with two attached hydrogens (primary N) is 1. The van der Waals surface area contributed by atoms with Gasteiger partial charge < -0.3 is 65.8 Å². The Morgan fingerprint density at radius 3 is 1.50 bits per heavy atom. The number of hydrogen-bond acceptors (Lipinski definition) is 13. The van der Waals surface area contributed by atoms with Crippen molar-refractivity contribution in [3.63, 3.8) is 0 Å². The van der Waals surface area contributed by atoms with Gasteiger partial charge in [0.25, 0.3) is 0 Å². The van der Waals surface area contributed by atoms with E-state index in [9.17, 15) is 28.8 Å². The van der Waals surface area contributed by atoms with Gasteiger partial charge in [-0.15, -0.1) is 0 Å². The third kappa shape index (κ3) is 29.5.